The minimum atomic E-state index is -1.01. The second-order valence-electron chi connectivity index (χ2n) is 3.72. The summed E-state index contributed by atoms with van der Waals surface area (Å²) in [4.78, 5) is 11.7. The Kier molecular flexibility index (Phi) is 4.62. The molecule has 0 aliphatic carbocycles. The maximum absolute atomic E-state index is 13.1. The molecule has 0 spiro atoms. The fourth-order valence-corrected chi connectivity index (χ4v) is 1.50. The van der Waals surface area contributed by atoms with E-state index in [0.29, 0.717) is 0 Å². The topological polar surface area (TPSA) is 72.2 Å². The van der Waals surface area contributed by atoms with Crippen molar-refractivity contribution in [1.29, 1.82) is 0 Å². The zero-order chi connectivity index (χ0) is 13.0. The second kappa shape index (κ2) is 5.77. The van der Waals surface area contributed by atoms with Crippen molar-refractivity contribution in [3.8, 4) is 0 Å². The quantitative estimate of drug-likeness (QED) is 0.788. The number of carbonyl (C=O) groups is 1. The van der Waals surface area contributed by atoms with Gasteiger partial charge in [0.15, 0.2) is 0 Å². The molecule has 0 aromatic heterocycles. The van der Waals surface area contributed by atoms with E-state index in [0.717, 1.165) is 0 Å². The van der Waals surface area contributed by atoms with Gasteiger partial charge in [-0.3, -0.25) is 9.00 Å². The molecule has 1 aromatic carbocycles. The van der Waals surface area contributed by atoms with Gasteiger partial charge in [0.25, 0.3) is 5.91 Å². The van der Waals surface area contributed by atoms with E-state index < -0.39 is 22.5 Å². The number of para-hydroxylation sites is 1. The van der Waals surface area contributed by atoms with E-state index in [2.05, 4.69) is 5.32 Å². The molecule has 0 aliphatic rings. The van der Waals surface area contributed by atoms with Crippen molar-refractivity contribution in [2.24, 2.45) is 0 Å². The number of amides is 1. The van der Waals surface area contributed by atoms with Crippen LogP contribution in [-0.2, 0) is 10.8 Å². The highest BCUT2D eigenvalue weighted by Gasteiger charge is 2.14. The third-order valence-electron chi connectivity index (χ3n) is 2.41. The molecule has 0 aliphatic heterocycles. The van der Waals surface area contributed by atoms with Crippen LogP contribution in [0.1, 0.15) is 17.3 Å². The van der Waals surface area contributed by atoms with Gasteiger partial charge < -0.3 is 11.1 Å². The lowest BCUT2D eigenvalue weighted by Crippen LogP contribution is -2.33. The van der Waals surface area contributed by atoms with Gasteiger partial charge in [0.1, 0.15) is 5.82 Å². The number of rotatable bonds is 4. The van der Waals surface area contributed by atoms with Crippen LogP contribution in [0.4, 0.5) is 10.1 Å². The summed E-state index contributed by atoms with van der Waals surface area (Å²) >= 11 is 0. The van der Waals surface area contributed by atoms with Crippen LogP contribution in [0.3, 0.4) is 0 Å². The van der Waals surface area contributed by atoms with E-state index in [1.54, 1.807) is 13.2 Å². The van der Waals surface area contributed by atoms with Gasteiger partial charge in [-0.2, -0.15) is 0 Å². The van der Waals surface area contributed by atoms with Crippen molar-refractivity contribution in [3.05, 3.63) is 29.6 Å². The van der Waals surface area contributed by atoms with Crippen LogP contribution in [0, 0.1) is 5.82 Å². The van der Waals surface area contributed by atoms with Crippen LogP contribution >= 0.6 is 0 Å². The van der Waals surface area contributed by atoms with E-state index in [-0.39, 0.29) is 23.0 Å². The molecule has 3 N–H and O–H groups in total. The Hall–Kier alpha value is -1.43. The summed E-state index contributed by atoms with van der Waals surface area (Å²) < 4.78 is 24.2. The maximum atomic E-state index is 13.1. The predicted octanol–water partition coefficient (Wildman–Crippen LogP) is 0.905. The highest BCUT2D eigenvalue weighted by Crippen LogP contribution is 2.15. The molecule has 0 saturated heterocycles. The van der Waals surface area contributed by atoms with Gasteiger partial charge in [-0.15, -0.1) is 0 Å². The van der Waals surface area contributed by atoms with Crippen LogP contribution in [-0.4, -0.2) is 28.2 Å². The third kappa shape index (κ3) is 3.52. The van der Waals surface area contributed by atoms with Crippen molar-refractivity contribution < 1.29 is 13.4 Å². The number of carbonyl (C=O) groups excluding carboxylic acids is 1. The zero-order valence-electron chi connectivity index (χ0n) is 9.70. The third-order valence-corrected chi connectivity index (χ3v) is 3.71. The standard InChI is InChI=1S/C11H15FN2O2S/c1-7(17(2)16)6-14-11(15)8-4-3-5-9(12)10(8)13/h3-5,7H,6,13H2,1-2H3,(H,14,15). The first-order valence-corrected chi connectivity index (χ1v) is 6.70. The fraction of sp³-hybridized carbons (Fsp3) is 0.364. The Bertz CT molecular complexity index is 451. The van der Waals surface area contributed by atoms with Gasteiger partial charge >= 0.3 is 0 Å². The maximum Gasteiger partial charge on any atom is 0.253 e. The van der Waals surface area contributed by atoms with Crippen LogP contribution in [0.15, 0.2) is 18.2 Å². The van der Waals surface area contributed by atoms with Crippen molar-refractivity contribution in [2.75, 3.05) is 18.5 Å². The molecule has 4 nitrogen and oxygen atoms in total. The number of halogens is 1. The summed E-state index contributed by atoms with van der Waals surface area (Å²) in [7, 11) is -1.01. The highest BCUT2D eigenvalue weighted by atomic mass is 32.2. The molecular formula is C11H15FN2O2S. The Balaban J connectivity index is 2.71. The lowest BCUT2D eigenvalue weighted by Gasteiger charge is -2.11. The van der Waals surface area contributed by atoms with E-state index in [9.17, 15) is 13.4 Å². The highest BCUT2D eigenvalue weighted by molar-refractivity contribution is 7.84. The molecule has 0 heterocycles. The molecule has 94 valence electrons. The van der Waals surface area contributed by atoms with E-state index in [1.165, 1.54) is 18.2 Å². The Morgan fingerprint density at radius 1 is 1.59 bits per heavy atom. The number of nitrogen functional groups attached to an aromatic ring is 1. The first-order valence-electron chi connectivity index (χ1n) is 5.08. The Morgan fingerprint density at radius 2 is 2.24 bits per heavy atom. The molecule has 0 saturated carbocycles. The number of hydrogen-bond donors (Lipinski definition) is 2. The average Bonchev–Trinajstić information content (AvgIpc) is 2.29. The first kappa shape index (κ1) is 13.6. The Labute approximate surface area is 102 Å². The van der Waals surface area contributed by atoms with E-state index >= 15 is 0 Å². The molecule has 2 atom stereocenters. The number of hydrogen-bond acceptors (Lipinski definition) is 3. The average molecular weight is 258 g/mol. The lowest BCUT2D eigenvalue weighted by molar-refractivity contribution is 0.0954. The van der Waals surface area contributed by atoms with Crippen molar-refractivity contribution in [1.82, 2.24) is 5.32 Å². The predicted molar refractivity (Wildman–Crippen MR) is 66.7 cm³/mol. The lowest BCUT2D eigenvalue weighted by atomic mass is 10.1. The monoisotopic (exact) mass is 258 g/mol. The summed E-state index contributed by atoms with van der Waals surface area (Å²) in [6.07, 6.45) is 1.56. The largest absolute Gasteiger partial charge is 0.396 e. The molecule has 17 heavy (non-hydrogen) atoms. The molecular weight excluding hydrogens is 243 g/mol. The molecule has 1 aromatic rings. The molecule has 1 amide bonds. The number of benzene rings is 1. The molecule has 2 unspecified atom stereocenters. The molecule has 0 bridgehead atoms. The van der Waals surface area contributed by atoms with Gasteiger partial charge in [-0.1, -0.05) is 6.07 Å². The van der Waals surface area contributed by atoms with Crippen molar-refractivity contribution >= 4 is 22.4 Å². The SMILES string of the molecule is CC(CNC(=O)c1cccc(F)c1N)S(C)=O. The van der Waals surface area contributed by atoms with Gasteiger partial charge in [0, 0.05) is 28.9 Å². The van der Waals surface area contributed by atoms with Crippen molar-refractivity contribution in [2.45, 2.75) is 12.2 Å². The van der Waals surface area contributed by atoms with E-state index in [4.69, 9.17) is 5.73 Å². The van der Waals surface area contributed by atoms with Gasteiger partial charge in [-0.05, 0) is 19.1 Å². The summed E-state index contributed by atoms with van der Waals surface area (Å²) in [6.45, 7) is 2.02. The van der Waals surface area contributed by atoms with Gasteiger partial charge in [0.2, 0.25) is 0 Å². The number of nitrogens with two attached hydrogens (primary N) is 1. The summed E-state index contributed by atoms with van der Waals surface area (Å²) in [6, 6.07) is 4.05. The second-order valence-corrected chi connectivity index (χ2v) is 5.52. The van der Waals surface area contributed by atoms with Gasteiger partial charge in [-0.25, -0.2) is 4.39 Å². The summed E-state index contributed by atoms with van der Waals surface area (Å²) in [5.41, 5.74) is 5.38. The van der Waals surface area contributed by atoms with Crippen LogP contribution in [0.2, 0.25) is 0 Å². The molecule has 0 fully saturated rings. The molecule has 0 radical (unpaired) electrons. The van der Waals surface area contributed by atoms with Crippen molar-refractivity contribution in [3.63, 3.8) is 0 Å². The van der Waals surface area contributed by atoms with E-state index in [1.807, 2.05) is 0 Å². The molecule has 6 heteroatoms. The zero-order valence-corrected chi connectivity index (χ0v) is 10.5. The minimum Gasteiger partial charge on any atom is -0.396 e. The fourth-order valence-electron chi connectivity index (χ4n) is 1.18. The number of nitrogens with one attached hydrogen (secondary N) is 1. The Morgan fingerprint density at radius 3 is 2.82 bits per heavy atom. The summed E-state index contributed by atoms with van der Waals surface area (Å²) in [5, 5.41) is 2.41. The van der Waals surface area contributed by atoms with Crippen LogP contribution in [0.5, 0.6) is 0 Å². The van der Waals surface area contributed by atoms with Crippen LogP contribution < -0.4 is 11.1 Å². The minimum absolute atomic E-state index is 0.0964. The smallest absolute Gasteiger partial charge is 0.253 e. The van der Waals surface area contributed by atoms with Gasteiger partial charge in [0.05, 0.1) is 11.3 Å². The summed E-state index contributed by atoms with van der Waals surface area (Å²) in [5.74, 6) is -1.08. The number of anilines is 1. The molecule has 1 rings (SSSR count). The normalized spacial score (nSPS) is 14.1. The van der Waals surface area contributed by atoms with Crippen LogP contribution in [0.25, 0.3) is 0 Å². The first-order chi connectivity index (χ1) is 7.93.